The summed E-state index contributed by atoms with van der Waals surface area (Å²) in [5.74, 6) is 1.72. The summed E-state index contributed by atoms with van der Waals surface area (Å²) in [7, 11) is 0. The third kappa shape index (κ3) is 12.6. The lowest BCUT2D eigenvalue weighted by Gasteiger charge is -2.07. The third-order valence-electron chi connectivity index (χ3n) is 6.04. The second kappa shape index (κ2) is 18.3. The van der Waals surface area contributed by atoms with E-state index in [0.29, 0.717) is 0 Å². The SMILES string of the molecule is CCCC=CCCCCCCOc1ccc(-c2ncc(CCCCCCCCC)cn2)cc1. The van der Waals surface area contributed by atoms with Crippen molar-refractivity contribution >= 4 is 0 Å². The number of hydrogen-bond acceptors (Lipinski definition) is 3. The van der Waals surface area contributed by atoms with Crippen molar-refractivity contribution in [1.29, 1.82) is 0 Å². The first-order valence-corrected chi connectivity index (χ1v) is 13.5. The van der Waals surface area contributed by atoms with Gasteiger partial charge < -0.3 is 4.74 Å². The second-order valence-corrected chi connectivity index (χ2v) is 9.12. The van der Waals surface area contributed by atoms with Gasteiger partial charge in [-0.25, -0.2) is 9.97 Å². The maximum absolute atomic E-state index is 5.91. The van der Waals surface area contributed by atoms with Crippen molar-refractivity contribution in [3.63, 3.8) is 0 Å². The minimum atomic E-state index is 0.787. The largest absolute Gasteiger partial charge is 0.494 e. The van der Waals surface area contributed by atoms with Gasteiger partial charge in [0.1, 0.15) is 5.75 Å². The van der Waals surface area contributed by atoms with Gasteiger partial charge in [0.05, 0.1) is 6.61 Å². The zero-order valence-corrected chi connectivity index (χ0v) is 21.2. The van der Waals surface area contributed by atoms with Crippen molar-refractivity contribution in [1.82, 2.24) is 9.97 Å². The summed E-state index contributed by atoms with van der Waals surface area (Å²) in [6, 6.07) is 8.18. The highest BCUT2D eigenvalue weighted by molar-refractivity contribution is 5.55. The number of nitrogens with zero attached hydrogens (tertiary/aromatic N) is 2. The van der Waals surface area contributed by atoms with Gasteiger partial charge in [-0.2, -0.15) is 0 Å². The number of aryl methyl sites for hydroxylation is 1. The zero-order chi connectivity index (χ0) is 23.4. The number of rotatable bonds is 19. The van der Waals surface area contributed by atoms with Gasteiger partial charge in [0.2, 0.25) is 0 Å². The normalized spacial score (nSPS) is 11.3. The molecule has 0 aliphatic carbocycles. The van der Waals surface area contributed by atoms with Crippen molar-refractivity contribution in [2.24, 2.45) is 0 Å². The van der Waals surface area contributed by atoms with Gasteiger partial charge in [-0.15, -0.1) is 0 Å². The highest BCUT2D eigenvalue weighted by Gasteiger charge is 2.03. The molecule has 0 radical (unpaired) electrons. The van der Waals surface area contributed by atoms with E-state index in [1.165, 1.54) is 89.0 Å². The molecule has 3 heteroatoms. The summed E-state index contributed by atoms with van der Waals surface area (Å²) < 4.78 is 5.91. The summed E-state index contributed by atoms with van der Waals surface area (Å²) in [5, 5.41) is 0. The first-order valence-electron chi connectivity index (χ1n) is 13.5. The van der Waals surface area contributed by atoms with Gasteiger partial charge in [-0.1, -0.05) is 83.8 Å². The Kier molecular flexibility index (Phi) is 15.0. The average Bonchev–Trinajstić information content (AvgIpc) is 2.85. The molecule has 2 aromatic rings. The Hall–Kier alpha value is -2.16. The van der Waals surface area contributed by atoms with Crippen LogP contribution in [0.5, 0.6) is 5.75 Å². The molecule has 2 rings (SSSR count). The van der Waals surface area contributed by atoms with E-state index in [1.807, 2.05) is 24.5 Å². The predicted molar refractivity (Wildman–Crippen MR) is 142 cm³/mol. The van der Waals surface area contributed by atoms with Crippen LogP contribution in [-0.4, -0.2) is 16.6 Å². The molecule has 0 aliphatic heterocycles. The van der Waals surface area contributed by atoms with Crippen molar-refractivity contribution < 1.29 is 4.74 Å². The maximum atomic E-state index is 5.91. The lowest BCUT2D eigenvalue weighted by molar-refractivity contribution is 0.305. The van der Waals surface area contributed by atoms with Gasteiger partial charge in [-0.3, -0.25) is 0 Å². The lowest BCUT2D eigenvalue weighted by Crippen LogP contribution is -1.97. The van der Waals surface area contributed by atoms with Gasteiger partial charge in [0, 0.05) is 18.0 Å². The van der Waals surface area contributed by atoms with Crippen molar-refractivity contribution in [3.05, 3.63) is 54.4 Å². The van der Waals surface area contributed by atoms with E-state index in [4.69, 9.17) is 4.74 Å². The summed E-state index contributed by atoms with van der Waals surface area (Å²) >= 11 is 0. The fourth-order valence-electron chi connectivity index (χ4n) is 3.93. The number of benzene rings is 1. The summed E-state index contributed by atoms with van der Waals surface area (Å²) in [5.41, 5.74) is 2.28. The van der Waals surface area contributed by atoms with E-state index < -0.39 is 0 Å². The van der Waals surface area contributed by atoms with Crippen LogP contribution in [0, 0.1) is 0 Å². The summed E-state index contributed by atoms with van der Waals surface area (Å²) in [4.78, 5) is 9.18. The number of unbranched alkanes of at least 4 members (excludes halogenated alkanes) is 11. The Morgan fingerprint density at radius 3 is 2.03 bits per heavy atom. The second-order valence-electron chi connectivity index (χ2n) is 9.12. The van der Waals surface area contributed by atoms with Crippen LogP contribution in [0.4, 0.5) is 0 Å². The molecule has 1 heterocycles. The van der Waals surface area contributed by atoms with Crippen molar-refractivity contribution in [2.45, 2.75) is 110 Å². The monoisotopic (exact) mass is 450 g/mol. The molecule has 0 spiro atoms. The fraction of sp³-hybridized carbons (Fsp3) is 0.600. The zero-order valence-electron chi connectivity index (χ0n) is 21.2. The van der Waals surface area contributed by atoms with Crippen LogP contribution in [0.25, 0.3) is 11.4 Å². The van der Waals surface area contributed by atoms with Gasteiger partial charge in [-0.05, 0) is 68.4 Å². The molecule has 0 fully saturated rings. The Bertz CT molecular complexity index is 737. The standard InChI is InChI=1S/C30H46N2O/c1-3-5-7-9-11-12-14-16-18-24-33-29-22-20-28(21-23-29)30-31-25-27(26-32-30)19-17-15-13-10-8-6-4-2/h7,9,20-23,25-26H,3-6,8,10-19,24H2,1-2H3. The molecule has 0 atom stereocenters. The van der Waals surface area contributed by atoms with Gasteiger partial charge in [0.15, 0.2) is 5.82 Å². The Balaban J connectivity index is 1.60. The molecule has 0 saturated carbocycles. The molecular weight excluding hydrogens is 404 g/mol. The van der Waals surface area contributed by atoms with E-state index in [9.17, 15) is 0 Å². The molecule has 3 nitrogen and oxygen atoms in total. The van der Waals surface area contributed by atoms with Crippen LogP contribution in [0.2, 0.25) is 0 Å². The molecule has 0 amide bonds. The van der Waals surface area contributed by atoms with Crippen LogP contribution in [0.15, 0.2) is 48.8 Å². The van der Waals surface area contributed by atoms with Gasteiger partial charge >= 0.3 is 0 Å². The molecule has 0 aliphatic rings. The van der Waals surface area contributed by atoms with Crippen LogP contribution < -0.4 is 4.74 Å². The highest BCUT2D eigenvalue weighted by Crippen LogP contribution is 2.20. The third-order valence-corrected chi connectivity index (χ3v) is 6.04. The van der Waals surface area contributed by atoms with E-state index in [2.05, 4.69) is 48.1 Å². The Morgan fingerprint density at radius 1 is 0.667 bits per heavy atom. The molecule has 0 bridgehead atoms. The quantitative estimate of drug-likeness (QED) is 0.158. The number of allylic oxidation sites excluding steroid dienone is 2. The fourth-order valence-corrected chi connectivity index (χ4v) is 3.93. The van der Waals surface area contributed by atoms with Crippen LogP contribution >= 0.6 is 0 Å². The van der Waals surface area contributed by atoms with E-state index >= 15 is 0 Å². The lowest BCUT2D eigenvalue weighted by atomic mass is 10.1. The molecule has 0 saturated heterocycles. The molecule has 33 heavy (non-hydrogen) atoms. The maximum Gasteiger partial charge on any atom is 0.159 e. The van der Waals surface area contributed by atoms with E-state index in [0.717, 1.165) is 36.6 Å². The first-order chi connectivity index (χ1) is 16.3. The smallest absolute Gasteiger partial charge is 0.159 e. The summed E-state index contributed by atoms with van der Waals surface area (Å²) in [6.07, 6.45) is 27.6. The molecule has 0 N–H and O–H groups in total. The molecule has 182 valence electrons. The number of aromatic nitrogens is 2. The highest BCUT2D eigenvalue weighted by atomic mass is 16.5. The van der Waals surface area contributed by atoms with Crippen molar-refractivity contribution in [3.8, 4) is 17.1 Å². The first kappa shape index (κ1) is 27.1. The topological polar surface area (TPSA) is 35.0 Å². The number of hydrogen-bond donors (Lipinski definition) is 0. The number of ether oxygens (including phenoxy) is 1. The minimum absolute atomic E-state index is 0.787. The molecule has 1 aromatic carbocycles. The average molecular weight is 451 g/mol. The van der Waals surface area contributed by atoms with Crippen molar-refractivity contribution in [2.75, 3.05) is 6.61 Å². The van der Waals surface area contributed by atoms with Crippen LogP contribution in [-0.2, 0) is 6.42 Å². The Morgan fingerprint density at radius 2 is 1.30 bits per heavy atom. The van der Waals surface area contributed by atoms with E-state index in [1.54, 1.807) is 0 Å². The predicted octanol–water partition coefficient (Wildman–Crippen LogP) is 9.12. The molecule has 1 aromatic heterocycles. The van der Waals surface area contributed by atoms with Crippen LogP contribution in [0.1, 0.15) is 109 Å². The van der Waals surface area contributed by atoms with Gasteiger partial charge in [0.25, 0.3) is 0 Å². The van der Waals surface area contributed by atoms with E-state index in [-0.39, 0.29) is 0 Å². The Labute approximate surface area is 203 Å². The minimum Gasteiger partial charge on any atom is -0.494 e. The molecular formula is C30H46N2O. The van der Waals surface area contributed by atoms with Crippen LogP contribution in [0.3, 0.4) is 0 Å². The molecule has 0 unspecified atom stereocenters. The summed E-state index contributed by atoms with van der Waals surface area (Å²) in [6.45, 7) is 5.28.